The maximum atomic E-state index is 13.0. The molecule has 0 saturated heterocycles. The third kappa shape index (κ3) is 3.20. The fourth-order valence-corrected chi connectivity index (χ4v) is 3.51. The molecule has 5 nitrogen and oxygen atoms in total. The van der Waals surface area contributed by atoms with Crippen LogP contribution in [0.25, 0.3) is 0 Å². The molecular formula is C19H18ClNO4. The van der Waals surface area contributed by atoms with E-state index >= 15 is 0 Å². The first-order valence-corrected chi connectivity index (χ1v) is 8.24. The number of fused-ring (bicyclic) bond motifs is 1. The molecule has 0 saturated carbocycles. The number of methoxy groups -OCH3 is 1. The van der Waals surface area contributed by atoms with Crippen molar-refractivity contribution in [3.8, 4) is 0 Å². The number of carbonyl (C=O) groups is 2. The molecule has 6 heteroatoms. The molecule has 0 fully saturated rings. The van der Waals surface area contributed by atoms with Gasteiger partial charge in [-0.2, -0.15) is 0 Å². The topological polar surface area (TPSA) is 66.8 Å². The van der Waals surface area contributed by atoms with E-state index in [9.17, 15) is 14.7 Å². The van der Waals surface area contributed by atoms with Crippen molar-refractivity contribution in [2.75, 3.05) is 7.11 Å². The molecule has 1 aliphatic heterocycles. The van der Waals surface area contributed by atoms with E-state index in [1.807, 2.05) is 12.2 Å². The number of benzene rings is 1. The van der Waals surface area contributed by atoms with Gasteiger partial charge in [0.1, 0.15) is 5.76 Å². The molecule has 2 atom stereocenters. The number of rotatable bonds is 4. The molecule has 3 rings (SSSR count). The lowest BCUT2D eigenvalue weighted by molar-refractivity contribution is -0.136. The molecule has 1 aromatic rings. The zero-order chi connectivity index (χ0) is 18.1. The number of nitrogens with zero attached hydrogens (tertiary/aromatic N) is 1. The number of halogens is 1. The van der Waals surface area contributed by atoms with Gasteiger partial charge in [0.15, 0.2) is 0 Å². The summed E-state index contributed by atoms with van der Waals surface area (Å²) >= 11 is 5.90. The van der Waals surface area contributed by atoms with Crippen LogP contribution in [0.1, 0.15) is 23.7 Å². The third-order valence-corrected chi connectivity index (χ3v) is 4.84. The van der Waals surface area contributed by atoms with Crippen molar-refractivity contribution in [2.45, 2.75) is 19.4 Å². The second-order valence-electron chi connectivity index (χ2n) is 6.01. The van der Waals surface area contributed by atoms with Crippen LogP contribution in [0.3, 0.4) is 0 Å². The fourth-order valence-electron chi connectivity index (χ4n) is 3.38. The van der Waals surface area contributed by atoms with E-state index in [1.165, 1.54) is 0 Å². The van der Waals surface area contributed by atoms with Crippen LogP contribution >= 0.6 is 11.6 Å². The minimum atomic E-state index is -0.921. The molecule has 2 unspecified atom stereocenters. The van der Waals surface area contributed by atoms with Crippen molar-refractivity contribution in [1.29, 1.82) is 0 Å². The van der Waals surface area contributed by atoms with Gasteiger partial charge in [0.05, 0.1) is 19.6 Å². The summed E-state index contributed by atoms with van der Waals surface area (Å²) in [4.78, 5) is 26.0. The second-order valence-corrected chi connectivity index (χ2v) is 6.45. The number of hydrogen-bond donors (Lipinski definition) is 1. The Hall–Kier alpha value is -2.53. The summed E-state index contributed by atoms with van der Waals surface area (Å²) in [5.41, 5.74) is 1.91. The molecule has 2 aliphatic rings. The van der Waals surface area contributed by atoms with Crippen LogP contribution < -0.4 is 0 Å². The Labute approximate surface area is 150 Å². The van der Waals surface area contributed by atoms with Crippen molar-refractivity contribution >= 4 is 23.5 Å². The minimum absolute atomic E-state index is 0.112. The van der Waals surface area contributed by atoms with Crippen LogP contribution in [-0.2, 0) is 9.53 Å². The Morgan fingerprint density at radius 1 is 1.28 bits per heavy atom. The Morgan fingerprint density at radius 2 is 1.96 bits per heavy atom. The average Bonchev–Trinajstić information content (AvgIpc) is 2.86. The number of amides is 1. The third-order valence-electron chi connectivity index (χ3n) is 4.58. The highest BCUT2D eigenvalue weighted by Gasteiger charge is 2.41. The largest absolute Gasteiger partial charge is 0.497 e. The number of carboxylic acids is 1. The molecule has 1 aliphatic carbocycles. The van der Waals surface area contributed by atoms with Crippen molar-refractivity contribution in [3.63, 3.8) is 0 Å². The average molecular weight is 360 g/mol. The molecule has 130 valence electrons. The fraction of sp³-hybridized carbons (Fsp3) is 0.263. The van der Waals surface area contributed by atoms with E-state index < -0.39 is 5.97 Å². The maximum absolute atomic E-state index is 13.0. The molecule has 0 spiro atoms. The van der Waals surface area contributed by atoms with Gasteiger partial charge in [-0.3, -0.25) is 9.59 Å². The molecule has 1 N–H and O–H groups in total. The Bertz CT molecular complexity index is 807. The summed E-state index contributed by atoms with van der Waals surface area (Å²) in [7, 11) is 1.57. The first-order chi connectivity index (χ1) is 11.9. The lowest BCUT2D eigenvalue weighted by atomic mass is 9.88. The van der Waals surface area contributed by atoms with E-state index in [0.717, 1.165) is 5.57 Å². The smallest absolute Gasteiger partial charge is 0.307 e. The highest BCUT2D eigenvalue weighted by molar-refractivity contribution is 6.30. The van der Waals surface area contributed by atoms with E-state index in [4.69, 9.17) is 16.3 Å². The molecule has 1 heterocycles. The van der Waals surface area contributed by atoms with Crippen molar-refractivity contribution in [1.82, 2.24) is 4.90 Å². The number of carbonyl (C=O) groups excluding carboxylic acids is 1. The van der Waals surface area contributed by atoms with Gasteiger partial charge >= 0.3 is 5.97 Å². The van der Waals surface area contributed by atoms with Crippen LogP contribution in [0.5, 0.6) is 0 Å². The number of aliphatic carboxylic acids is 1. The summed E-state index contributed by atoms with van der Waals surface area (Å²) in [6, 6.07) is 6.42. The molecule has 1 amide bonds. The molecule has 0 aromatic heterocycles. The molecule has 0 radical (unpaired) electrons. The van der Waals surface area contributed by atoms with Crippen molar-refractivity contribution < 1.29 is 19.4 Å². The second kappa shape index (κ2) is 6.76. The Balaban J connectivity index is 2.01. The van der Waals surface area contributed by atoms with Gasteiger partial charge in [0.2, 0.25) is 0 Å². The lowest BCUT2D eigenvalue weighted by Crippen LogP contribution is -2.37. The van der Waals surface area contributed by atoms with Gasteiger partial charge in [0.25, 0.3) is 5.91 Å². The molecular weight excluding hydrogens is 342 g/mol. The summed E-state index contributed by atoms with van der Waals surface area (Å²) in [5.74, 6) is -0.635. The van der Waals surface area contributed by atoms with E-state index in [0.29, 0.717) is 22.0 Å². The van der Waals surface area contributed by atoms with Gasteiger partial charge in [-0.05, 0) is 48.9 Å². The van der Waals surface area contributed by atoms with E-state index in [-0.39, 0.29) is 24.3 Å². The minimum Gasteiger partial charge on any atom is -0.497 e. The van der Waals surface area contributed by atoms with Crippen LogP contribution in [0.15, 0.2) is 59.5 Å². The van der Waals surface area contributed by atoms with Gasteiger partial charge in [-0.15, -0.1) is 0 Å². The van der Waals surface area contributed by atoms with Crippen LogP contribution in [0, 0.1) is 5.92 Å². The van der Waals surface area contributed by atoms with Crippen molar-refractivity contribution in [2.24, 2.45) is 5.92 Å². The number of ether oxygens (including phenoxy) is 1. The number of hydrogen-bond acceptors (Lipinski definition) is 3. The first-order valence-electron chi connectivity index (χ1n) is 7.87. The summed E-state index contributed by atoms with van der Waals surface area (Å²) in [5, 5.41) is 9.81. The zero-order valence-electron chi connectivity index (χ0n) is 13.9. The SMILES string of the molecule is COC1=CC2C(CC(=O)O)=C(C)N(C(=O)c3ccc(Cl)cc3)C2C=C1. The van der Waals surface area contributed by atoms with E-state index in [2.05, 4.69) is 0 Å². The maximum Gasteiger partial charge on any atom is 0.307 e. The van der Waals surface area contributed by atoms with Gasteiger partial charge in [-0.25, -0.2) is 0 Å². The predicted octanol–water partition coefficient (Wildman–Crippen LogP) is 3.63. The van der Waals surface area contributed by atoms with Crippen LogP contribution in [-0.4, -0.2) is 35.0 Å². The van der Waals surface area contributed by atoms with Gasteiger partial charge < -0.3 is 14.7 Å². The first kappa shape index (κ1) is 17.3. The highest BCUT2D eigenvalue weighted by Crippen LogP contribution is 2.41. The Morgan fingerprint density at radius 3 is 2.56 bits per heavy atom. The standard InChI is InChI=1S/C19H18ClNO4/c1-11-15(10-18(22)23)16-9-14(25-2)7-8-17(16)21(11)19(24)12-3-5-13(20)6-4-12/h3-9,16-17H,10H2,1-2H3,(H,22,23). The Kier molecular flexibility index (Phi) is 4.68. The highest BCUT2D eigenvalue weighted by atomic mass is 35.5. The lowest BCUT2D eigenvalue weighted by Gasteiger charge is -2.29. The summed E-state index contributed by atoms with van der Waals surface area (Å²) in [6.07, 6.45) is 5.45. The molecule has 25 heavy (non-hydrogen) atoms. The molecule has 1 aromatic carbocycles. The van der Waals surface area contributed by atoms with Crippen LogP contribution in [0.2, 0.25) is 5.02 Å². The molecule has 0 bridgehead atoms. The monoisotopic (exact) mass is 359 g/mol. The van der Waals surface area contributed by atoms with Crippen LogP contribution in [0.4, 0.5) is 0 Å². The van der Waals surface area contributed by atoms with Gasteiger partial charge in [-0.1, -0.05) is 17.7 Å². The van der Waals surface area contributed by atoms with Crippen molar-refractivity contribution in [3.05, 3.63) is 70.1 Å². The number of carboxylic acid groups (broad SMARTS) is 1. The zero-order valence-corrected chi connectivity index (χ0v) is 14.7. The number of allylic oxidation sites excluding steroid dienone is 2. The summed E-state index contributed by atoms with van der Waals surface area (Å²) in [6.45, 7) is 1.79. The van der Waals surface area contributed by atoms with Gasteiger partial charge in [0, 0.05) is 22.2 Å². The predicted molar refractivity (Wildman–Crippen MR) is 94.1 cm³/mol. The summed E-state index contributed by atoms with van der Waals surface area (Å²) < 4.78 is 5.27. The normalized spacial score (nSPS) is 21.9. The quantitative estimate of drug-likeness (QED) is 0.891. The van der Waals surface area contributed by atoms with E-state index in [1.54, 1.807) is 49.3 Å².